The Labute approximate surface area is 116 Å². The van der Waals surface area contributed by atoms with E-state index in [9.17, 15) is 4.39 Å². The van der Waals surface area contributed by atoms with Gasteiger partial charge in [0.15, 0.2) is 0 Å². The largest absolute Gasteiger partial charge is 0.255 e. The highest BCUT2D eigenvalue weighted by atomic mass is 32.1. The number of aromatic nitrogens is 1. The average Bonchev–Trinajstić information content (AvgIpc) is 2.82. The van der Waals surface area contributed by atoms with E-state index >= 15 is 0 Å². The van der Waals surface area contributed by atoms with Crippen molar-refractivity contribution in [3.8, 4) is 0 Å². The Morgan fingerprint density at radius 1 is 1.47 bits per heavy atom. The Morgan fingerprint density at radius 3 is 3.21 bits per heavy atom. The third-order valence-corrected chi connectivity index (χ3v) is 4.46. The number of hydrazine groups is 1. The van der Waals surface area contributed by atoms with Crippen LogP contribution in [0.5, 0.6) is 0 Å². The topological polar surface area (TPSA) is 28.2 Å². The highest BCUT2D eigenvalue weighted by Crippen LogP contribution is 2.35. The van der Waals surface area contributed by atoms with Crippen molar-refractivity contribution in [2.24, 2.45) is 0 Å². The molecule has 19 heavy (non-hydrogen) atoms. The normalized spacial score (nSPS) is 21.1. The molecule has 1 aromatic heterocycles. The van der Waals surface area contributed by atoms with Crippen molar-refractivity contribution in [1.29, 1.82) is 0 Å². The second-order valence-electron chi connectivity index (χ2n) is 4.92. The Hall–Kier alpha value is -1.04. The highest BCUT2D eigenvalue weighted by Gasteiger charge is 2.27. The smallest absolute Gasteiger partial charge is 0.124 e. The van der Waals surface area contributed by atoms with Crippen LogP contribution >= 0.6 is 11.5 Å². The lowest BCUT2D eigenvalue weighted by Crippen LogP contribution is -2.43. The average molecular weight is 279 g/mol. The summed E-state index contributed by atoms with van der Waals surface area (Å²) in [5.41, 5.74) is 4.52. The van der Waals surface area contributed by atoms with Crippen LogP contribution < -0.4 is 5.43 Å². The quantitative estimate of drug-likeness (QED) is 0.932. The van der Waals surface area contributed by atoms with E-state index in [2.05, 4.69) is 21.7 Å². The Kier molecular flexibility index (Phi) is 3.77. The van der Waals surface area contributed by atoms with Crippen molar-refractivity contribution >= 4 is 21.6 Å². The number of fused-ring (bicyclic) bond motifs is 1. The van der Waals surface area contributed by atoms with Gasteiger partial charge in [0.05, 0.1) is 16.4 Å². The second-order valence-corrected chi connectivity index (χ2v) is 5.73. The standard InChI is InChI=1S/C14H18FN3S/c1-2-16-18-8-4-3-5-12(18)14-11-7-6-10(15)9-13(11)19-17-14/h6-7,9,12,16H,2-5,8H2,1H3. The van der Waals surface area contributed by atoms with Gasteiger partial charge in [0.25, 0.3) is 0 Å². The van der Waals surface area contributed by atoms with Crippen LogP contribution in [-0.4, -0.2) is 22.5 Å². The number of halogens is 1. The minimum Gasteiger partial charge on any atom is -0.255 e. The van der Waals surface area contributed by atoms with Gasteiger partial charge >= 0.3 is 0 Å². The van der Waals surface area contributed by atoms with Crippen LogP contribution in [0, 0.1) is 5.82 Å². The summed E-state index contributed by atoms with van der Waals surface area (Å²) in [6.45, 7) is 4.09. The summed E-state index contributed by atoms with van der Waals surface area (Å²) in [6.07, 6.45) is 3.57. The van der Waals surface area contributed by atoms with Gasteiger partial charge in [-0.05, 0) is 42.6 Å². The lowest BCUT2D eigenvalue weighted by Gasteiger charge is -2.34. The number of benzene rings is 1. The lowest BCUT2D eigenvalue weighted by molar-refractivity contribution is 0.0874. The van der Waals surface area contributed by atoms with Crippen LogP contribution in [0.25, 0.3) is 10.1 Å². The molecule has 1 fully saturated rings. The molecule has 1 atom stereocenters. The number of hydrogen-bond acceptors (Lipinski definition) is 4. The molecule has 3 nitrogen and oxygen atoms in total. The summed E-state index contributed by atoms with van der Waals surface area (Å²) in [5.74, 6) is -0.185. The third kappa shape index (κ3) is 2.50. The first-order chi connectivity index (χ1) is 9.29. The SMILES string of the molecule is CCNN1CCCCC1c1nsc2cc(F)ccc12. The summed E-state index contributed by atoms with van der Waals surface area (Å²) in [5, 5.41) is 3.39. The van der Waals surface area contributed by atoms with Crippen LogP contribution in [0.3, 0.4) is 0 Å². The molecule has 0 aliphatic carbocycles. The molecule has 2 heterocycles. The molecule has 0 spiro atoms. The molecule has 0 saturated carbocycles. The Balaban J connectivity index is 1.97. The number of hydrogen-bond donors (Lipinski definition) is 1. The molecule has 5 heteroatoms. The zero-order chi connectivity index (χ0) is 13.2. The maximum absolute atomic E-state index is 13.2. The molecule has 2 aromatic rings. The van der Waals surface area contributed by atoms with Gasteiger partial charge in [0.1, 0.15) is 5.82 Å². The van der Waals surface area contributed by atoms with E-state index in [4.69, 9.17) is 0 Å². The molecule has 1 unspecified atom stereocenters. The molecule has 0 bridgehead atoms. The summed E-state index contributed by atoms with van der Waals surface area (Å²) in [6, 6.07) is 5.28. The van der Waals surface area contributed by atoms with E-state index in [0.29, 0.717) is 6.04 Å². The van der Waals surface area contributed by atoms with E-state index < -0.39 is 0 Å². The fraction of sp³-hybridized carbons (Fsp3) is 0.500. The summed E-state index contributed by atoms with van der Waals surface area (Å²) in [7, 11) is 0. The van der Waals surface area contributed by atoms with Crippen molar-refractivity contribution < 1.29 is 4.39 Å². The number of piperidine rings is 1. The number of nitrogens with zero attached hydrogens (tertiary/aromatic N) is 2. The van der Waals surface area contributed by atoms with Crippen LogP contribution in [0.2, 0.25) is 0 Å². The van der Waals surface area contributed by atoms with E-state index in [1.165, 1.54) is 30.4 Å². The molecule has 1 aromatic carbocycles. The highest BCUT2D eigenvalue weighted by molar-refractivity contribution is 7.13. The fourth-order valence-corrected chi connectivity index (χ4v) is 3.63. The molecule has 102 valence electrons. The van der Waals surface area contributed by atoms with Crippen molar-refractivity contribution in [2.45, 2.75) is 32.2 Å². The van der Waals surface area contributed by atoms with Gasteiger partial charge in [-0.25, -0.2) is 9.40 Å². The molecule has 3 rings (SSSR count). The van der Waals surface area contributed by atoms with Gasteiger partial charge < -0.3 is 0 Å². The van der Waals surface area contributed by atoms with E-state index in [1.807, 2.05) is 6.07 Å². The molecule has 1 N–H and O–H groups in total. The van der Waals surface area contributed by atoms with Gasteiger partial charge in [-0.3, -0.25) is 5.43 Å². The molecule has 1 aliphatic rings. The number of nitrogens with one attached hydrogen (secondary N) is 1. The van der Waals surface area contributed by atoms with Gasteiger partial charge in [-0.15, -0.1) is 0 Å². The zero-order valence-electron chi connectivity index (χ0n) is 11.0. The van der Waals surface area contributed by atoms with E-state index in [0.717, 1.165) is 35.3 Å². The zero-order valence-corrected chi connectivity index (χ0v) is 11.8. The van der Waals surface area contributed by atoms with Crippen molar-refractivity contribution in [2.75, 3.05) is 13.1 Å². The van der Waals surface area contributed by atoms with Gasteiger partial charge in [0.2, 0.25) is 0 Å². The first-order valence-corrected chi connectivity index (χ1v) is 7.62. The van der Waals surface area contributed by atoms with Crippen molar-refractivity contribution in [3.05, 3.63) is 29.7 Å². The fourth-order valence-electron chi connectivity index (χ4n) is 2.78. The second kappa shape index (κ2) is 5.53. The predicted octanol–water partition coefficient (Wildman–Crippen LogP) is 3.49. The summed E-state index contributed by atoms with van der Waals surface area (Å²) < 4.78 is 18.8. The first kappa shape index (κ1) is 13.0. The lowest BCUT2D eigenvalue weighted by atomic mass is 9.99. The maximum Gasteiger partial charge on any atom is 0.124 e. The van der Waals surface area contributed by atoms with E-state index in [-0.39, 0.29) is 5.82 Å². The van der Waals surface area contributed by atoms with E-state index in [1.54, 1.807) is 6.07 Å². The van der Waals surface area contributed by atoms with Crippen molar-refractivity contribution in [1.82, 2.24) is 14.8 Å². The summed E-state index contributed by atoms with van der Waals surface area (Å²) in [4.78, 5) is 0. The molecular weight excluding hydrogens is 261 g/mol. The molecule has 0 radical (unpaired) electrons. The molecule has 0 amide bonds. The Morgan fingerprint density at radius 2 is 2.37 bits per heavy atom. The first-order valence-electron chi connectivity index (χ1n) is 6.84. The van der Waals surface area contributed by atoms with Crippen molar-refractivity contribution in [3.63, 3.8) is 0 Å². The van der Waals surface area contributed by atoms with Gasteiger partial charge in [-0.1, -0.05) is 13.3 Å². The predicted molar refractivity (Wildman–Crippen MR) is 76.6 cm³/mol. The summed E-state index contributed by atoms with van der Waals surface area (Å²) >= 11 is 1.40. The van der Waals surface area contributed by atoms with Crippen LogP contribution in [-0.2, 0) is 0 Å². The maximum atomic E-state index is 13.2. The van der Waals surface area contributed by atoms with Crippen LogP contribution in [0.1, 0.15) is 37.9 Å². The van der Waals surface area contributed by atoms with Crippen LogP contribution in [0.15, 0.2) is 18.2 Å². The monoisotopic (exact) mass is 279 g/mol. The number of rotatable bonds is 3. The third-order valence-electron chi connectivity index (χ3n) is 3.64. The minimum absolute atomic E-state index is 0.185. The minimum atomic E-state index is -0.185. The van der Waals surface area contributed by atoms with Gasteiger partial charge in [-0.2, -0.15) is 4.37 Å². The molecule has 1 saturated heterocycles. The molecule has 1 aliphatic heterocycles. The van der Waals surface area contributed by atoms with Gasteiger partial charge in [0, 0.05) is 18.5 Å². The molecular formula is C14H18FN3S. The Bertz CT molecular complexity index is 567. The van der Waals surface area contributed by atoms with Crippen LogP contribution in [0.4, 0.5) is 4.39 Å².